The van der Waals surface area contributed by atoms with E-state index in [1.54, 1.807) is 0 Å². The molecule has 1 N–H and O–H groups in total. The zero-order valence-electron chi connectivity index (χ0n) is 16.4. The van der Waals surface area contributed by atoms with Crippen molar-refractivity contribution in [2.45, 2.75) is 64.0 Å². The van der Waals surface area contributed by atoms with Crippen LogP contribution in [-0.2, 0) is 47.7 Å². The molecule has 5 atom stereocenters. The van der Waals surface area contributed by atoms with Gasteiger partial charge in [0.15, 0.2) is 18.3 Å². The topological polar surface area (TPSA) is 152 Å². The van der Waals surface area contributed by atoms with E-state index in [0.717, 1.165) is 32.5 Å². The third kappa shape index (κ3) is 8.69. The predicted octanol–water partition coefficient (Wildman–Crippen LogP) is 0.277. The molecule has 0 aromatic rings. The minimum atomic E-state index is -1.25. The van der Waals surface area contributed by atoms with Crippen LogP contribution in [-0.4, -0.2) is 77.2 Å². The summed E-state index contributed by atoms with van der Waals surface area (Å²) in [5.74, 6) is -3.71. The van der Waals surface area contributed by atoms with Gasteiger partial charge in [-0.2, -0.15) is 0 Å². The molecule has 0 aromatic carbocycles. The fourth-order valence-electron chi connectivity index (χ4n) is 2.59. The smallest absolute Gasteiger partial charge is 0.304 e. The molecule has 1 heterocycles. The van der Waals surface area contributed by atoms with E-state index >= 15 is 0 Å². The van der Waals surface area contributed by atoms with Gasteiger partial charge in [0.2, 0.25) is 0 Å². The van der Waals surface area contributed by atoms with Crippen LogP contribution in [0, 0.1) is 0 Å². The second-order valence-corrected chi connectivity index (χ2v) is 7.29. The van der Waals surface area contributed by atoms with E-state index in [0.29, 0.717) is 0 Å². The van der Waals surface area contributed by atoms with E-state index in [1.165, 1.54) is 6.92 Å². The molecule has 0 bridgehead atoms. The van der Waals surface area contributed by atoms with Crippen molar-refractivity contribution in [2.24, 2.45) is 0 Å². The van der Waals surface area contributed by atoms with E-state index in [1.807, 2.05) is 0 Å². The van der Waals surface area contributed by atoms with Gasteiger partial charge in [-0.3, -0.25) is 24.0 Å². The summed E-state index contributed by atoms with van der Waals surface area (Å²) < 4.78 is 26.5. The Morgan fingerprint density at radius 2 is 1.34 bits per heavy atom. The number of carboxylic acid groups (broad SMARTS) is 1. The van der Waals surface area contributed by atoms with Crippen molar-refractivity contribution in [3.05, 3.63) is 0 Å². The first-order valence-electron chi connectivity index (χ1n) is 8.65. The maximum atomic E-state index is 11.6. The Labute approximate surface area is 171 Å². The summed E-state index contributed by atoms with van der Waals surface area (Å²) in [6.45, 7) is 4.23. The highest BCUT2D eigenvalue weighted by Gasteiger charge is 2.52. The number of ether oxygens (including phenoxy) is 5. The van der Waals surface area contributed by atoms with Crippen LogP contribution in [0.1, 0.15) is 34.1 Å². The van der Waals surface area contributed by atoms with Crippen molar-refractivity contribution in [1.29, 1.82) is 0 Å². The van der Waals surface area contributed by atoms with Crippen LogP contribution < -0.4 is 0 Å². The van der Waals surface area contributed by atoms with Gasteiger partial charge in [0.1, 0.15) is 18.1 Å². The summed E-state index contributed by atoms with van der Waals surface area (Å²) in [6, 6.07) is 0. The van der Waals surface area contributed by atoms with Crippen LogP contribution in [0.3, 0.4) is 0 Å². The van der Waals surface area contributed by atoms with Gasteiger partial charge in [0, 0.05) is 33.4 Å². The third-order valence-electron chi connectivity index (χ3n) is 3.55. The van der Waals surface area contributed by atoms with E-state index in [-0.39, 0.29) is 18.8 Å². The van der Waals surface area contributed by atoms with E-state index in [9.17, 15) is 24.0 Å². The van der Waals surface area contributed by atoms with Gasteiger partial charge < -0.3 is 28.8 Å². The lowest BCUT2D eigenvalue weighted by Gasteiger charge is -2.44. The van der Waals surface area contributed by atoms with Crippen LogP contribution in [0.2, 0.25) is 0 Å². The van der Waals surface area contributed by atoms with Crippen molar-refractivity contribution in [3.63, 3.8) is 0 Å². The van der Waals surface area contributed by atoms with Gasteiger partial charge in [-0.05, 0) is 0 Å². The van der Waals surface area contributed by atoms with Gasteiger partial charge in [-0.15, -0.1) is 11.8 Å². The van der Waals surface area contributed by atoms with Gasteiger partial charge in [-0.25, -0.2) is 0 Å². The highest BCUT2D eigenvalue weighted by molar-refractivity contribution is 7.99. The summed E-state index contributed by atoms with van der Waals surface area (Å²) in [7, 11) is 0. The number of carboxylic acids is 1. The second kappa shape index (κ2) is 11.6. The fraction of sp³-hybridized carbons (Fsp3) is 0.706. The van der Waals surface area contributed by atoms with Gasteiger partial charge in [0.05, 0.1) is 6.42 Å². The number of carbonyl (C=O) groups is 5. The van der Waals surface area contributed by atoms with E-state index in [4.69, 9.17) is 28.8 Å². The molecule has 0 saturated carbocycles. The Kier molecular flexibility index (Phi) is 9.89. The number of hydrogen-bond acceptors (Lipinski definition) is 11. The Morgan fingerprint density at radius 3 is 1.83 bits per heavy atom. The first-order valence-corrected chi connectivity index (χ1v) is 9.70. The number of thioether (sulfide) groups is 1. The molecule has 0 amide bonds. The quantitative estimate of drug-likeness (QED) is 0.390. The summed E-state index contributed by atoms with van der Waals surface area (Å²) in [5.41, 5.74) is -0.963. The Bertz CT molecular complexity index is 635. The fourth-order valence-corrected chi connectivity index (χ4v) is 3.73. The summed E-state index contributed by atoms with van der Waals surface area (Å²) in [5, 5.41) is 8.84. The Hall–Kier alpha value is -2.34. The first kappa shape index (κ1) is 24.7. The number of rotatable bonds is 9. The van der Waals surface area contributed by atoms with Crippen molar-refractivity contribution in [2.75, 3.05) is 12.4 Å². The molecule has 0 aromatic heterocycles. The zero-order chi connectivity index (χ0) is 22.1. The van der Waals surface area contributed by atoms with Crippen LogP contribution in [0.4, 0.5) is 0 Å². The molecule has 164 valence electrons. The van der Waals surface area contributed by atoms with Crippen molar-refractivity contribution < 1.29 is 52.8 Å². The standard InChI is InChI=1S/C17H24O11S/c1-8(18)24-7-12-14(25-9(2)19)15(26-10(3)20)16(27-11(4)21)17(28-12)29-6-5-13(22)23/h12,14-17H,5-7H2,1-4H3,(H,22,23)/t12-,14+,15+,16-,17+/m1/s1. The molecular formula is C17H24O11S. The summed E-state index contributed by atoms with van der Waals surface area (Å²) in [4.78, 5) is 56.8. The molecule has 29 heavy (non-hydrogen) atoms. The molecule has 0 spiro atoms. The van der Waals surface area contributed by atoms with E-state index < -0.39 is 59.7 Å². The van der Waals surface area contributed by atoms with Crippen LogP contribution in [0.15, 0.2) is 0 Å². The number of carbonyl (C=O) groups excluding carboxylic acids is 4. The number of esters is 4. The lowest BCUT2D eigenvalue weighted by atomic mass is 9.99. The zero-order valence-corrected chi connectivity index (χ0v) is 17.3. The third-order valence-corrected chi connectivity index (χ3v) is 4.69. The molecule has 1 aliphatic heterocycles. The molecule has 11 nitrogen and oxygen atoms in total. The van der Waals surface area contributed by atoms with Gasteiger partial charge in [-0.1, -0.05) is 0 Å². The molecular weight excluding hydrogens is 412 g/mol. The highest BCUT2D eigenvalue weighted by atomic mass is 32.2. The summed E-state index contributed by atoms with van der Waals surface area (Å²) >= 11 is 1.01. The predicted molar refractivity (Wildman–Crippen MR) is 96.7 cm³/mol. The van der Waals surface area contributed by atoms with Gasteiger partial charge in [0.25, 0.3) is 0 Å². The lowest BCUT2D eigenvalue weighted by Crippen LogP contribution is -2.61. The Balaban J connectivity index is 3.22. The molecule has 0 radical (unpaired) electrons. The van der Waals surface area contributed by atoms with Crippen LogP contribution in [0.25, 0.3) is 0 Å². The van der Waals surface area contributed by atoms with Crippen molar-refractivity contribution in [3.8, 4) is 0 Å². The van der Waals surface area contributed by atoms with E-state index in [2.05, 4.69) is 0 Å². The molecule has 1 rings (SSSR count). The minimum absolute atomic E-state index is 0.100. The largest absolute Gasteiger partial charge is 0.481 e. The van der Waals surface area contributed by atoms with Gasteiger partial charge >= 0.3 is 29.8 Å². The lowest BCUT2D eigenvalue weighted by molar-refractivity contribution is -0.237. The summed E-state index contributed by atoms with van der Waals surface area (Å²) in [6.07, 6.45) is -4.90. The average molecular weight is 436 g/mol. The molecule has 0 aliphatic carbocycles. The average Bonchev–Trinajstić information content (AvgIpc) is 2.56. The Morgan fingerprint density at radius 1 is 0.828 bits per heavy atom. The van der Waals surface area contributed by atoms with Crippen LogP contribution in [0.5, 0.6) is 0 Å². The highest BCUT2D eigenvalue weighted by Crippen LogP contribution is 2.34. The van der Waals surface area contributed by atoms with Crippen LogP contribution >= 0.6 is 11.8 Å². The SMILES string of the molecule is CC(=O)OC[C@H]1O[C@@H](SCCC(=O)O)[C@H](OC(C)=O)[C@@H](OC(C)=O)[C@H]1OC(C)=O. The first-order chi connectivity index (χ1) is 13.5. The molecule has 0 unspecified atom stereocenters. The monoisotopic (exact) mass is 436 g/mol. The second-order valence-electron chi connectivity index (χ2n) is 6.08. The molecule has 1 fully saturated rings. The maximum absolute atomic E-state index is 11.6. The maximum Gasteiger partial charge on any atom is 0.304 e. The minimum Gasteiger partial charge on any atom is -0.481 e. The number of aliphatic carboxylic acids is 1. The molecule has 1 saturated heterocycles. The molecule has 1 aliphatic rings. The normalized spacial score (nSPS) is 26.1. The molecule has 12 heteroatoms. The number of hydrogen-bond donors (Lipinski definition) is 1. The van der Waals surface area contributed by atoms with Crippen molar-refractivity contribution in [1.82, 2.24) is 0 Å². The van der Waals surface area contributed by atoms with Crippen molar-refractivity contribution >= 4 is 41.6 Å².